The Morgan fingerprint density at radius 2 is 1.72 bits per heavy atom. The summed E-state index contributed by atoms with van der Waals surface area (Å²) in [7, 11) is 6.64. The van der Waals surface area contributed by atoms with Crippen LogP contribution in [0.3, 0.4) is 0 Å². The zero-order valence-electron chi connectivity index (χ0n) is 12.2. The fourth-order valence-electron chi connectivity index (χ4n) is 3.40. The van der Waals surface area contributed by atoms with Gasteiger partial charge in [0.15, 0.2) is 0 Å². The summed E-state index contributed by atoms with van der Waals surface area (Å²) >= 11 is 0. The lowest BCUT2D eigenvalue weighted by molar-refractivity contribution is -0.0663. The Balaban J connectivity index is 2.03. The number of rotatable bonds is 5. The lowest BCUT2D eigenvalue weighted by Gasteiger charge is -2.53. The highest BCUT2D eigenvalue weighted by atomic mass is 16.5. The van der Waals surface area contributed by atoms with Gasteiger partial charge in [0.2, 0.25) is 0 Å². The SMILES string of the molecule is CN(C)C1(CN(C)C2(CN)CCCOC2)CCC1. The van der Waals surface area contributed by atoms with Crippen molar-refractivity contribution in [3.63, 3.8) is 0 Å². The first-order valence-corrected chi connectivity index (χ1v) is 7.21. The van der Waals surface area contributed by atoms with E-state index in [1.807, 2.05) is 0 Å². The molecule has 2 rings (SSSR count). The van der Waals surface area contributed by atoms with Crippen LogP contribution in [-0.2, 0) is 4.74 Å². The first kappa shape index (κ1) is 14.3. The van der Waals surface area contributed by atoms with Crippen molar-refractivity contribution in [2.24, 2.45) is 5.73 Å². The molecule has 2 N–H and O–H groups in total. The van der Waals surface area contributed by atoms with Gasteiger partial charge in [-0.25, -0.2) is 0 Å². The monoisotopic (exact) mass is 255 g/mol. The quantitative estimate of drug-likeness (QED) is 0.793. The van der Waals surface area contributed by atoms with Gasteiger partial charge < -0.3 is 15.4 Å². The number of ether oxygens (including phenoxy) is 1. The normalized spacial score (nSPS) is 31.7. The van der Waals surface area contributed by atoms with Crippen LogP contribution in [-0.4, -0.2) is 68.3 Å². The lowest BCUT2D eigenvalue weighted by atomic mass is 9.74. The van der Waals surface area contributed by atoms with Crippen molar-refractivity contribution in [1.29, 1.82) is 0 Å². The van der Waals surface area contributed by atoms with E-state index >= 15 is 0 Å². The number of hydrogen-bond acceptors (Lipinski definition) is 4. The van der Waals surface area contributed by atoms with Crippen molar-refractivity contribution in [3.05, 3.63) is 0 Å². The van der Waals surface area contributed by atoms with E-state index in [-0.39, 0.29) is 5.54 Å². The number of nitrogens with zero attached hydrogens (tertiary/aromatic N) is 2. The lowest BCUT2D eigenvalue weighted by Crippen LogP contribution is -2.64. The topological polar surface area (TPSA) is 41.7 Å². The molecule has 2 fully saturated rings. The fourth-order valence-corrected chi connectivity index (χ4v) is 3.40. The molecule has 0 aromatic heterocycles. The van der Waals surface area contributed by atoms with Crippen molar-refractivity contribution in [1.82, 2.24) is 9.80 Å². The summed E-state index contributed by atoms with van der Waals surface area (Å²) < 4.78 is 5.69. The van der Waals surface area contributed by atoms with Crippen LogP contribution in [0.2, 0.25) is 0 Å². The molecule has 0 aromatic rings. The summed E-state index contributed by atoms with van der Waals surface area (Å²) in [6, 6.07) is 0. The van der Waals surface area contributed by atoms with Gasteiger partial charge in [-0.3, -0.25) is 4.90 Å². The molecule has 1 aliphatic heterocycles. The third-order valence-corrected chi connectivity index (χ3v) is 5.26. The summed E-state index contributed by atoms with van der Waals surface area (Å²) in [4.78, 5) is 4.88. The van der Waals surface area contributed by atoms with Gasteiger partial charge in [-0.05, 0) is 53.2 Å². The van der Waals surface area contributed by atoms with Crippen molar-refractivity contribution in [2.75, 3.05) is 47.4 Å². The second-order valence-corrected chi connectivity index (χ2v) is 6.41. The summed E-state index contributed by atoms with van der Waals surface area (Å²) in [5.74, 6) is 0. The molecule has 0 amide bonds. The molecule has 18 heavy (non-hydrogen) atoms. The molecule has 1 atom stereocenters. The van der Waals surface area contributed by atoms with E-state index in [9.17, 15) is 0 Å². The van der Waals surface area contributed by atoms with E-state index in [2.05, 4.69) is 30.9 Å². The molecular formula is C14H29N3O. The standard InChI is InChI=1S/C14H29N3O/c1-16(2)13(6-4-7-13)11-17(3)14(10-15)8-5-9-18-12-14/h4-12,15H2,1-3H3. The number of nitrogens with two attached hydrogens (primary N) is 1. The third kappa shape index (κ3) is 2.44. The summed E-state index contributed by atoms with van der Waals surface area (Å²) in [6.45, 7) is 3.51. The first-order valence-electron chi connectivity index (χ1n) is 7.21. The van der Waals surface area contributed by atoms with Crippen molar-refractivity contribution >= 4 is 0 Å². The summed E-state index contributed by atoms with van der Waals surface area (Å²) in [6.07, 6.45) is 6.29. The minimum absolute atomic E-state index is 0.0663. The van der Waals surface area contributed by atoms with Crippen LogP contribution in [0, 0.1) is 0 Å². The van der Waals surface area contributed by atoms with Gasteiger partial charge in [-0.1, -0.05) is 0 Å². The maximum Gasteiger partial charge on any atom is 0.0662 e. The van der Waals surface area contributed by atoms with Crippen LogP contribution in [0.15, 0.2) is 0 Å². The highest BCUT2D eigenvalue weighted by Crippen LogP contribution is 2.38. The average molecular weight is 255 g/mol. The first-order chi connectivity index (χ1) is 8.55. The minimum atomic E-state index is 0.0663. The highest BCUT2D eigenvalue weighted by Gasteiger charge is 2.44. The van der Waals surface area contributed by atoms with Gasteiger partial charge in [0, 0.05) is 25.2 Å². The van der Waals surface area contributed by atoms with Gasteiger partial charge in [0.25, 0.3) is 0 Å². The van der Waals surface area contributed by atoms with Crippen LogP contribution in [0.5, 0.6) is 0 Å². The van der Waals surface area contributed by atoms with Crippen LogP contribution in [0.4, 0.5) is 0 Å². The Labute approximate surface area is 111 Å². The van der Waals surface area contributed by atoms with Crippen molar-refractivity contribution < 1.29 is 4.74 Å². The molecule has 106 valence electrons. The van der Waals surface area contributed by atoms with Crippen molar-refractivity contribution in [3.8, 4) is 0 Å². The van der Waals surface area contributed by atoms with E-state index in [0.717, 1.165) is 26.2 Å². The molecule has 4 nitrogen and oxygen atoms in total. The molecule has 0 spiro atoms. The van der Waals surface area contributed by atoms with E-state index in [0.29, 0.717) is 12.1 Å². The molecule has 0 aromatic carbocycles. The molecule has 1 aliphatic carbocycles. The number of hydrogen-bond donors (Lipinski definition) is 1. The predicted octanol–water partition coefficient (Wildman–Crippen LogP) is 0.910. The Kier molecular flexibility index (Phi) is 4.32. The minimum Gasteiger partial charge on any atom is -0.379 e. The van der Waals surface area contributed by atoms with Crippen LogP contribution in [0.1, 0.15) is 32.1 Å². The molecule has 4 heteroatoms. The van der Waals surface area contributed by atoms with E-state index in [1.165, 1.54) is 25.7 Å². The zero-order valence-corrected chi connectivity index (χ0v) is 12.2. The second-order valence-electron chi connectivity index (χ2n) is 6.41. The van der Waals surface area contributed by atoms with Crippen LogP contribution < -0.4 is 5.73 Å². The Morgan fingerprint density at radius 3 is 2.11 bits per heavy atom. The van der Waals surface area contributed by atoms with E-state index in [1.54, 1.807) is 0 Å². The zero-order chi connectivity index (χ0) is 13.2. The van der Waals surface area contributed by atoms with Gasteiger partial charge in [0.1, 0.15) is 0 Å². The highest BCUT2D eigenvalue weighted by molar-refractivity contribution is 5.02. The van der Waals surface area contributed by atoms with Gasteiger partial charge >= 0.3 is 0 Å². The number of likely N-dealkylation sites (N-methyl/N-ethyl adjacent to an activating group) is 2. The molecule has 1 saturated heterocycles. The van der Waals surface area contributed by atoms with Crippen LogP contribution >= 0.6 is 0 Å². The molecule has 0 bridgehead atoms. The van der Waals surface area contributed by atoms with E-state index in [4.69, 9.17) is 10.5 Å². The molecule has 1 unspecified atom stereocenters. The van der Waals surface area contributed by atoms with Gasteiger partial charge in [-0.2, -0.15) is 0 Å². The largest absolute Gasteiger partial charge is 0.379 e. The molecule has 1 heterocycles. The Bertz CT molecular complexity index is 270. The summed E-state index contributed by atoms with van der Waals surface area (Å²) in [5.41, 5.74) is 6.49. The predicted molar refractivity (Wildman–Crippen MR) is 74.7 cm³/mol. The fraction of sp³-hybridized carbons (Fsp3) is 1.00. The average Bonchev–Trinajstić information content (AvgIpc) is 2.33. The Hall–Kier alpha value is -0.160. The molecule has 0 radical (unpaired) electrons. The van der Waals surface area contributed by atoms with Gasteiger partial charge in [0.05, 0.1) is 12.1 Å². The van der Waals surface area contributed by atoms with Gasteiger partial charge in [-0.15, -0.1) is 0 Å². The van der Waals surface area contributed by atoms with E-state index < -0.39 is 0 Å². The maximum absolute atomic E-state index is 6.06. The second kappa shape index (κ2) is 5.45. The van der Waals surface area contributed by atoms with Crippen LogP contribution in [0.25, 0.3) is 0 Å². The summed E-state index contributed by atoms with van der Waals surface area (Å²) in [5, 5.41) is 0. The third-order valence-electron chi connectivity index (χ3n) is 5.26. The smallest absolute Gasteiger partial charge is 0.0662 e. The molecular weight excluding hydrogens is 226 g/mol. The van der Waals surface area contributed by atoms with Crippen molar-refractivity contribution in [2.45, 2.75) is 43.2 Å². The molecule has 2 aliphatic rings. The molecule has 1 saturated carbocycles. The maximum atomic E-state index is 6.06. The Morgan fingerprint density at radius 1 is 1.06 bits per heavy atom.